The topological polar surface area (TPSA) is 102 Å². The van der Waals surface area contributed by atoms with E-state index in [4.69, 9.17) is 4.52 Å². The van der Waals surface area contributed by atoms with Crippen molar-refractivity contribution < 1.29 is 8.91 Å². The highest BCUT2D eigenvalue weighted by Gasteiger charge is 2.19. The molecular formula is C30H30FN7O2. The van der Waals surface area contributed by atoms with Crippen LogP contribution in [0, 0.1) is 12.7 Å². The molecule has 0 aliphatic carbocycles. The van der Waals surface area contributed by atoms with Gasteiger partial charge in [0.1, 0.15) is 11.5 Å². The molecule has 0 unspecified atom stereocenters. The Balaban J connectivity index is 1.28. The summed E-state index contributed by atoms with van der Waals surface area (Å²) in [6, 6.07) is 14.6. The smallest absolute Gasteiger partial charge is 0.260 e. The van der Waals surface area contributed by atoms with E-state index in [9.17, 15) is 4.79 Å². The molecule has 0 radical (unpaired) electrons. The van der Waals surface area contributed by atoms with Crippen LogP contribution in [0.3, 0.4) is 0 Å². The molecule has 1 saturated heterocycles. The fourth-order valence-corrected chi connectivity index (χ4v) is 5.30. The first kappa shape index (κ1) is 25.8. The van der Waals surface area contributed by atoms with Crippen molar-refractivity contribution in [1.82, 2.24) is 29.6 Å². The second-order valence-electron chi connectivity index (χ2n) is 10.2. The zero-order chi connectivity index (χ0) is 27.8. The van der Waals surface area contributed by atoms with Crippen molar-refractivity contribution in [2.75, 3.05) is 25.5 Å². The van der Waals surface area contributed by atoms with Gasteiger partial charge in [-0.25, -0.2) is 9.37 Å². The quantitative estimate of drug-likeness (QED) is 0.301. The fraction of sp³-hybridized carbons (Fsp3) is 0.300. The van der Waals surface area contributed by atoms with Crippen LogP contribution in [0.4, 0.5) is 16.0 Å². The summed E-state index contributed by atoms with van der Waals surface area (Å²) in [4.78, 5) is 29.1. The van der Waals surface area contributed by atoms with Gasteiger partial charge in [0.15, 0.2) is 0 Å². The van der Waals surface area contributed by atoms with E-state index in [0.29, 0.717) is 40.9 Å². The number of pyridine rings is 1. The third-order valence-corrected chi connectivity index (χ3v) is 7.55. The molecule has 10 heteroatoms. The van der Waals surface area contributed by atoms with Gasteiger partial charge >= 0.3 is 0 Å². The van der Waals surface area contributed by atoms with Crippen LogP contribution in [-0.2, 0) is 6.54 Å². The van der Waals surface area contributed by atoms with Gasteiger partial charge in [0.2, 0.25) is 17.7 Å². The van der Waals surface area contributed by atoms with Crippen LogP contribution in [-0.4, -0.2) is 49.7 Å². The lowest BCUT2D eigenvalue weighted by Crippen LogP contribution is -2.29. The van der Waals surface area contributed by atoms with E-state index in [0.717, 1.165) is 18.8 Å². The summed E-state index contributed by atoms with van der Waals surface area (Å²) in [5, 5.41) is 7.73. The van der Waals surface area contributed by atoms with Crippen LogP contribution in [0.15, 0.2) is 64.0 Å². The first-order valence-electron chi connectivity index (χ1n) is 13.5. The molecule has 3 aromatic heterocycles. The summed E-state index contributed by atoms with van der Waals surface area (Å²) in [6.07, 6.45) is 3.99. The summed E-state index contributed by atoms with van der Waals surface area (Å²) >= 11 is 0. The second kappa shape index (κ2) is 10.6. The molecule has 0 spiro atoms. The van der Waals surface area contributed by atoms with Crippen LogP contribution in [0.5, 0.6) is 0 Å². The lowest BCUT2D eigenvalue weighted by atomic mass is 9.89. The summed E-state index contributed by atoms with van der Waals surface area (Å²) in [5.41, 5.74) is 3.25. The Morgan fingerprint density at radius 2 is 1.82 bits per heavy atom. The zero-order valence-electron chi connectivity index (χ0n) is 22.7. The molecule has 4 heterocycles. The van der Waals surface area contributed by atoms with Crippen molar-refractivity contribution in [1.29, 1.82) is 0 Å². The zero-order valence-corrected chi connectivity index (χ0v) is 22.7. The third kappa shape index (κ3) is 4.98. The van der Waals surface area contributed by atoms with Crippen LogP contribution in [0.2, 0.25) is 0 Å². The van der Waals surface area contributed by atoms with E-state index in [2.05, 4.69) is 49.5 Å². The lowest BCUT2D eigenvalue weighted by Gasteiger charge is -2.29. The number of rotatable bonds is 6. The molecule has 0 amide bonds. The minimum Gasteiger partial charge on any atom is -0.339 e. The number of likely N-dealkylation sites (tertiary alicyclic amines) is 1. The van der Waals surface area contributed by atoms with E-state index in [1.54, 1.807) is 31.3 Å². The van der Waals surface area contributed by atoms with Gasteiger partial charge in [-0.15, -0.1) is 0 Å². The Labute approximate surface area is 230 Å². The number of nitrogens with zero attached hydrogens (tertiary/aromatic N) is 6. The van der Waals surface area contributed by atoms with Gasteiger partial charge in [-0.1, -0.05) is 29.4 Å². The lowest BCUT2D eigenvalue weighted by molar-refractivity contribution is 0.255. The van der Waals surface area contributed by atoms with Gasteiger partial charge in [-0.2, -0.15) is 9.97 Å². The second-order valence-corrected chi connectivity index (χ2v) is 10.2. The predicted molar refractivity (Wildman–Crippen MR) is 152 cm³/mol. The molecule has 1 aliphatic rings. The number of piperidine rings is 1. The number of benzene rings is 2. The third-order valence-electron chi connectivity index (χ3n) is 7.55. The van der Waals surface area contributed by atoms with Gasteiger partial charge in [-0.3, -0.25) is 9.36 Å². The minimum absolute atomic E-state index is 0.185. The van der Waals surface area contributed by atoms with Crippen molar-refractivity contribution in [3.8, 4) is 22.5 Å². The molecule has 9 nitrogen and oxygen atoms in total. The summed E-state index contributed by atoms with van der Waals surface area (Å²) in [5.74, 6) is 1.09. The van der Waals surface area contributed by atoms with Gasteiger partial charge < -0.3 is 14.7 Å². The maximum absolute atomic E-state index is 15.2. The molecule has 1 fully saturated rings. The van der Waals surface area contributed by atoms with Crippen LogP contribution in [0.1, 0.15) is 37.1 Å². The van der Waals surface area contributed by atoms with E-state index in [1.165, 1.54) is 29.0 Å². The average Bonchev–Trinajstić information content (AvgIpc) is 3.40. The SMILES string of the molecule is CCn1c(=O)c(-c2ccc(-c3noc(C)n3)cc2F)cc2cnc(Nc3ccc(C4CCN(C)CC4)cc3)nc21. The maximum Gasteiger partial charge on any atom is 0.260 e. The van der Waals surface area contributed by atoms with E-state index in [1.807, 2.05) is 19.1 Å². The van der Waals surface area contributed by atoms with Crippen LogP contribution in [0.25, 0.3) is 33.5 Å². The number of halogens is 1. The first-order valence-corrected chi connectivity index (χ1v) is 13.5. The van der Waals surface area contributed by atoms with Gasteiger partial charge in [-0.05, 0) is 75.6 Å². The highest BCUT2D eigenvalue weighted by atomic mass is 19.1. The van der Waals surface area contributed by atoms with Crippen molar-refractivity contribution in [2.45, 2.75) is 39.2 Å². The normalized spacial score (nSPS) is 14.6. The number of aromatic nitrogens is 5. The Kier molecular flexibility index (Phi) is 6.85. The molecule has 40 heavy (non-hydrogen) atoms. The molecule has 0 saturated carbocycles. The van der Waals surface area contributed by atoms with E-state index >= 15 is 4.39 Å². The number of fused-ring (bicyclic) bond motifs is 1. The predicted octanol–water partition coefficient (Wildman–Crippen LogP) is 5.53. The largest absolute Gasteiger partial charge is 0.339 e. The Morgan fingerprint density at radius 1 is 1.05 bits per heavy atom. The molecule has 0 bridgehead atoms. The Morgan fingerprint density at radius 3 is 2.50 bits per heavy atom. The molecule has 2 aromatic carbocycles. The Bertz CT molecular complexity index is 1740. The van der Waals surface area contributed by atoms with Crippen molar-refractivity contribution >= 4 is 22.7 Å². The van der Waals surface area contributed by atoms with Gasteiger partial charge in [0.25, 0.3) is 5.56 Å². The number of aryl methyl sites for hydroxylation is 2. The summed E-state index contributed by atoms with van der Waals surface area (Å²) < 4.78 is 21.8. The van der Waals surface area contributed by atoms with Crippen molar-refractivity contribution in [3.63, 3.8) is 0 Å². The molecule has 1 N–H and O–H groups in total. The van der Waals surface area contributed by atoms with E-state index in [-0.39, 0.29) is 22.5 Å². The highest BCUT2D eigenvalue weighted by molar-refractivity contribution is 5.82. The molecule has 6 rings (SSSR count). The summed E-state index contributed by atoms with van der Waals surface area (Å²) in [6.45, 7) is 6.13. The Hall–Kier alpha value is -4.44. The van der Waals surface area contributed by atoms with Gasteiger partial charge in [0.05, 0.1) is 5.56 Å². The fourth-order valence-electron chi connectivity index (χ4n) is 5.30. The monoisotopic (exact) mass is 539 g/mol. The molecular weight excluding hydrogens is 509 g/mol. The molecule has 204 valence electrons. The van der Waals surface area contributed by atoms with Crippen LogP contribution >= 0.6 is 0 Å². The number of hydrogen-bond acceptors (Lipinski definition) is 8. The van der Waals surface area contributed by atoms with E-state index < -0.39 is 5.82 Å². The number of nitrogens with one attached hydrogen (secondary N) is 1. The summed E-state index contributed by atoms with van der Waals surface area (Å²) in [7, 11) is 2.17. The maximum atomic E-state index is 15.2. The standard InChI is InChI=1S/C30H30FN7O2/c1-4-38-28-22(15-25(29(38)39)24-10-7-21(16-26(24)31)27-33-18(2)40-36-27)17-32-30(35-28)34-23-8-5-19(6-9-23)20-11-13-37(3)14-12-20/h5-10,15-17,20H,4,11-14H2,1-3H3,(H,32,34,35). The highest BCUT2D eigenvalue weighted by Crippen LogP contribution is 2.30. The van der Waals surface area contributed by atoms with Gasteiger partial charge in [0, 0.05) is 41.9 Å². The van der Waals surface area contributed by atoms with Crippen LogP contribution < -0.4 is 10.9 Å². The molecule has 1 aliphatic heterocycles. The molecule has 0 atom stereocenters. The number of anilines is 2. The molecule has 5 aromatic rings. The van der Waals surface area contributed by atoms with Crippen molar-refractivity contribution in [3.05, 3.63) is 82.4 Å². The minimum atomic E-state index is -0.554. The average molecular weight is 540 g/mol. The number of hydrogen-bond donors (Lipinski definition) is 1. The first-order chi connectivity index (χ1) is 19.4. The van der Waals surface area contributed by atoms with Crippen molar-refractivity contribution in [2.24, 2.45) is 0 Å².